The first kappa shape index (κ1) is 14.7. The summed E-state index contributed by atoms with van der Waals surface area (Å²) >= 11 is 0. The minimum Gasteiger partial charge on any atom is -0.341 e. The molecule has 98 valence electrons. The molecule has 0 aliphatic heterocycles. The number of nitriles is 1. The molecule has 0 fully saturated rings. The molecular weight excluding hydrogens is 245 g/mol. The zero-order valence-corrected chi connectivity index (χ0v) is 10.6. The molecule has 0 saturated heterocycles. The van der Waals surface area contributed by atoms with Gasteiger partial charge in [0.25, 0.3) is 5.91 Å². The molecule has 0 saturated carbocycles. The Morgan fingerprint density at radius 1 is 1.53 bits per heavy atom. The fourth-order valence-electron chi connectivity index (χ4n) is 1.48. The van der Waals surface area contributed by atoms with E-state index < -0.39 is 5.82 Å². The maximum Gasteiger partial charge on any atom is 0.254 e. The van der Waals surface area contributed by atoms with Crippen LogP contribution in [0.3, 0.4) is 0 Å². The zero-order chi connectivity index (χ0) is 14.3. The lowest BCUT2D eigenvalue weighted by Gasteiger charge is -2.16. The van der Waals surface area contributed by atoms with E-state index in [2.05, 4.69) is 11.8 Å². The molecule has 0 radical (unpaired) electrons. The standard InChI is InChI=1S/C14H14FN3O/c1-18(9-3-8-17)14(19)13-6-5-12(15)10-11(13)4-2-7-16/h5-6,10H,3,7,9,16H2,1H3. The number of hydrogen-bond donors (Lipinski definition) is 1. The Morgan fingerprint density at radius 3 is 2.89 bits per heavy atom. The van der Waals surface area contributed by atoms with Gasteiger partial charge in [0, 0.05) is 19.2 Å². The predicted molar refractivity (Wildman–Crippen MR) is 69.5 cm³/mol. The van der Waals surface area contributed by atoms with Crippen LogP contribution in [0.25, 0.3) is 0 Å². The van der Waals surface area contributed by atoms with E-state index in [-0.39, 0.29) is 18.9 Å². The molecule has 0 aliphatic carbocycles. The molecule has 19 heavy (non-hydrogen) atoms. The molecule has 0 aromatic heterocycles. The number of carbonyl (C=O) groups excluding carboxylic acids is 1. The third-order valence-electron chi connectivity index (χ3n) is 2.44. The van der Waals surface area contributed by atoms with Gasteiger partial charge < -0.3 is 10.6 Å². The van der Waals surface area contributed by atoms with Gasteiger partial charge in [0.1, 0.15) is 5.82 Å². The van der Waals surface area contributed by atoms with Crippen LogP contribution in [0.2, 0.25) is 0 Å². The average Bonchev–Trinajstić information content (AvgIpc) is 2.41. The number of nitrogens with two attached hydrogens (primary N) is 1. The van der Waals surface area contributed by atoms with Crippen LogP contribution in [0.5, 0.6) is 0 Å². The minimum atomic E-state index is -0.461. The van der Waals surface area contributed by atoms with Gasteiger partial charge >= 0.3 is 0 Å². The van der Waals surface area contributed by atoms with Crippen molar-refractivity contribution >= 4 is 5.91 Å². The van der Waals surface area contributed by atoms with Crippen molar-refractivity contribution < 1.29 is 9.18 Å². The van der Waals surface area contributed by atoms with Crippen molar-refractivity contribution in [2.45, 2.75) is 6.42 Å². The molecule has 0 aliphatic rings. The van der Waals surface area contributed by atoms with Gasteiger partial charge in [-0.05, 0) is 18.2 Å². The predicted octanol–water partition coefficient (Wildman–Crippen LogP) is 1.12. The van der Waals surface area contributed by atoms with E-state index in [1.165, 1.54) is 23.1 Å². The number of halogens is 1. The highest BCUT2D eigenvalue weighted by Gasteiger charge is 2.15. The van der Waals surface area contributed by atoms with E-state index in [4.69, 9.17) is 11.0 Å². The Labute approximate surface area is 111 Å². The summed E-state index contributed by atoms with van der Waals surface area (Å²) in [6.07, 6.45) is 0.243. The number of carbonyl (C=O) groups is 1. The zero-order valence-electron chi connectivity index (χ0n) is 10.6. The fraction of sp³-hybridized carbons (Fsp3) is 0.286. The highest BCUT2D eigenvalue weighted by molar-refractivity contribution is 5.96. The first-order valence-electron chi connectivity index (χ1n) is 5.71. The average molecular weight is 259 g/mol. The van der Waals surface area contributed by atoms with Crippen LogP contribution in [-0.4, -0.2) is 30.9 Å². The Hall–Kier alpha value is -2.37. The third kappa shape index (κ3) is 4.09. The van der Waals surface area contributed by atoms with Gasteiger partial charge in [-0.1, -0.05) is 11.8 Å². The SMILES string of the molecule is CN(CCC#N)C(=O)c1ccc(F)cc1C#CCN. The Balaban J connectivity index is 3.05. The molecule has 0 spiro atoms. The first-order valence-corrected chi connectivity index (χ1v) is 5.71. The van der Waals surface area contributed by atoms with Gasteiger partial charge in [-0.15, -0.1) is 0 Å². The number of rotatable bonds is 3. The first-order chi connectivity index (χ1) is 9.10. The molecule has 0 bridgehead atoms. The summed E-state index contributed by atoms with van der Waals surface area (Å²) in [5, 5.41) is 8.50. The molecule has 0 unspecified atom stereocenters. The van der Waals surface area contributed by atoms with E-state index in [0.29, 0.717) is 17.7 Å². The molecule has 0 atom stereocenters. The summed E-state index contributed by atoms with van der Waals surface area (Å²) in [5.74, 6) is 4.52. The monoisotopic (exact) mass is 259 g/mol. The van der Waals surface area contributed by atoms with Crippen molar-refractivity contribution in [2.75, 3.05) is 20.1 Å². The Morgan fingerprint density at radius 2 is 2.26 bits per heavy atom. The summed E-state index contributed by atoms with van der Waals surface area (Å²) < 4.78 is 13.2. The van der Waals surface area contributed by atoms with Crippen molar-refractivity contribution in [3.8, 4) is 17.9 Å². The van der Waals surface area contributed by atoms with Crippen LogP contribution in [0.1, 0.15) is 22.3 Å². The highest BCUT2D eigenvalue weighted by atomic mass is 19.1. The van der Waals surface area contributed by atoms with Gasteiger partial charge in [0.15, 0.2) is 0 Å². The third-order valence-corrected chi connectivity index (χ3v) is 2.44. The number of benzene rings is 1. The second kappa shape index (κ2) is 7.15. The molecule has 1 aromatic carbocycles. The molecular formula is C14H14FN3O. The van der Waals surface area contributed by atoms with Crippen molar-refractivity contribution in [1.29, 1.82) is 5.26 Å². The largest absolute Gasteiger partial charge is 0.341 e. The topological polar surface area (TPSA) is 70.1 Å². The highest BCUT2D eigenvalue weighted by Crippen LogP contribution is 2.12. The van der Waals surface area contributed by atoms with E-state index >= 15 is 0 Å². The van der Waals surface area contributed by atoms with Crippen LogP contribution in [0.4, 0.5) is 4.39 Å². The maximum atomic E-state index is 13.2. The molecule has 1 amide bonds. The molecule has 1 rings (SSSR count). The van der Waals surface area contributed by atoms with Gasteiger partial charge in [-0.25, -0.2) is 4.39 Å². The molecule has 1 aromatic rings. The summed E-state index contributed by atoms with van der Waals surface area (Å²) in [5.41, 5.74) is 5.88. The number of amides is 1. The van der Waals surface area contributed by atoms with Gasteiger partial charge in [-0.3, -0.25) is 4.79 Å². The molecule has 2 N–H and O–H groups in total. The lowest BCUT2D eigenvalue weighted by molar-refractivity contribution is 0.0797. The molecule has 5 heteroatoms. The lowest BCUT2D eigenvalue weighted by Crippen LogP contribution is -2.28. The van der Waals surface area contributed by atoms with E-state index in [9.17, 15) is 9.18 Å². The van der Waals surface area contributed by atoms with Gasteiger partial charge in [0.05, 0.1) is 24.6 Å². The quantitative estimate of drug-likeness (QED) is 0.827. The van der Waals surface area contributed by atoms with Crippen LogP contribution >= 0.6 is 0 Å². The smallest absolute Gasteiger partial charge is 0.254 e. The van der Waals surface area contributed by atoms with Gasteiger partial charge in [0.2, 0.25) is 0 Å². The molecule has 0 heterocycles. The van der Waals surface area contributed by atoms with Gasteiger partial charge in [-0.2, -0.15) is 5.26 Å². The van der Waals surface area contributed by atoms with E-state index in [1.807, 2.05) is 6.07 Å². The lowest BCUT2D eigenvalue weighted by atomic mass is 10.1. The maximum absolute atomic E-state index is 13.2. The summed E-state index contributed by atoms with van der Waals surface area (Å²) in [7, 11) is 1.59. The van der Waals surface area contributed by atoms with E-state index in [0.717, 1.165) is 0 Å². The van der Waals surface area contributed by atoms with Crippen molar-refractivity contribution in [3.05, 3.63) is 35.1 Å². The Kier molecular flexibility index (Phi) is 5.53. The second-order valence-electron chi connectivity index (χ2n) is 3.83. The normalized spacial score (nSPS) is 9.16. The second-order valence-corrected chi connectivity index (χ2v) is 3.83. The van der Waals surface area contributed by atoms with Crippen molar-refractivity contribution in [3.63, 3.8) is 0 Å². The minimum absolute atomic E-state index is 0.133. The van der Waals surface area contributed by atoms with E-state index in [1.54, 1.807) is 7.05 Å². The van der Waals surface area contributed by atoms with Crippen LogP contribution in [0, 0.1) is 29.0 Å². The summed E-state index contributed by atoms with van der Waals surface area (Å²) in [6.45, 7) is 0.449. The fourth-order valence-corrected chi connectivity index (χ4v) is 1.48. The number of hydrogen-bond acceptors (Lipinski definition) is 3. The summed E-state index contributed by atoms with van der Waals surface area (Å²) in [6, 6.07) is 5.76. The number of nitrogens with zero attached hydrogens (tertiary/aromatic N) is 2. The van der Waals surface area contributed by atoms with Crippen molar-refractivity contribution in [2.24, 2.45) is 5.73 Å². The van der Waals surface area contributed by atoms with Crippen LogP contribution < -0.4 is 5.73 Å². The van der Waals surface area contributed by atoms with Crippen LogP contribution in [-0.2, 0) is 0 Å². The van der Waals surface area contributed by atoms with Crippen molar-refractivity contribution in [1.82, 2.24) is 4.90 Å². The molecule has 4 nitrogen and oxygen atoms in total. The Bertz CT molecular complexity index is 566. The van der Waals surface area contributed by atoms with Crippen LogP contribution in [0.15, 0.2) is 18.2 Å². The summed E-state index contributed by atoms with van der Waals surface area (Å²) in [4.78, 5) is 13.5.